The maximum absolute atomic E-state index is 11.2. The van der Waals surface area contributed by atoms with E-state index >= 15 is 0 Å². The number of nitrogens with one attached hydrogen (secondary N) is 1. The van der Waals surface area contributed by atoms with Crippen molar-refractivity contribution in [2.45, 2.75) is 32.4 Å². The topological polar surface area (TPSA) is 64.6 Å². The van der Waals surface area contributed by atoms with Crippen molar-refractivity contribution in [3.8, 4) is 0 Å². The van der Waals surface area contributed by atoms with E-state index in [1.54, 1.807) is 20.8 Å². The summed E-state index contributed by atoms with van der Waals surface area (Å²) < 4.78 is 9.68. The lowest BCUT2D eigenvalue weighted by atomic mass is 10.2. The number of hydrogen-bond acceptors (Lipinski definition) is 4. The maximum Gasteiger partial charge on any atom is 0.408 e. The molecule has 1 N–H and O–H groups in total. The third kappa shape index (κ3) is 6.42. The molecule has 0 spiro atoms. The summed E-state index contributed by atoms with van der Waals surface area (Å²) in [5, 5.41) is 2.37. The van der Waals surface area contributed by atoms with Crippen LogP contribution in [0.15, 0.2) is 0 Å². The van der Waals surface area contributed by atoms with Crippen LogP contribution in [0.2, 0.25) is 0 Å². The number of ether oxygens (including phenoxy) is 2. The van der Waals surface area contributed by atoms with Crippen LogP contribution in [0.25, 0.3) is 0 Å². The minimum atomic E-state index is -0.658. The van der Waals surface area contributed by atoms with Crippen LogP contribution >= 0.6 is 0 Å². The highest BCUT2D eigenvalue weighted by Gasteiger charge is 2.18. The molecule has 0 aromatic rings. The van der Waals surface area contributed by atoms with Crippen molar-refractivity contribution in [3.63, 3.8) is 0 Å². The minimum absolute atomic E-state index is 0.142. The molecule has 0 aromatic carbocycles. The van der Waals surface area contributed by atoms with Gasteiger partial charge in [0.1, 0.15) is 17.9 Å². The summed E-state index contributed by atoms with van der Waals surface area (Å²) in [6.45, 7) is 5.39. The zero-order valence-electron chi connectivity index (χ0n) is 8.99. The first kappa shape index (κ1) is 12.9. The molecule has 0 saturated heterocycles. The Morgan fingerprint density at radius 3 is 2.43 bits per heavy atom. The number of aldehydes is 1. The largest absolute Gasteiger partial charge is 0.444 e. The zero-order valence-corrected chi connectivity index (χ0v) is 8.99. The fourth-order valence-electron chi connectivity index (χ4n) is 0.753. The molecular weight excluding hydrogens is 186 g/mol. The Hall–Kier alpha value is -1.10. The molecule has 0 fully saturated rings. The third-order valence-electron chi connectivity index (χ3n) is 1.21. The Labute approximate surface area is 83.8 Å². The molecular formula is C9H17NO4. The van der Waals surface area contributed by atoms with Gasteiger partial charge in [-0.15, -0.1) is 0 Å². The second-order valence-electron chi connectivity index (χ2n) is 3.84. The van der Waals surface area contributed by atoms with Gasteiger partial charge in [0.05, 0.1) is 6.61 Å². The molecule has 0 saturated carbocycles. The van der Waals surface area contributed by atoms with Gasteiger partial charge >= 0.3 is 6.09 Å². The van der Waals surface area contributed by atoms with E-state index in [4.69, 9.17) is 9.47 Å². The fourth-order valence-corrected chi connectivity index (χ4v) is 0.753. The summed E-state index contributed by atoms with van der Waals surface area (Å²) in [6.07, 6.45) is -0.0143. The zero-order chi connectivity index (χ0) is 11.2. The number of amides is 1. The number of carbonyl (C=O) groups is 2. The Morgan fingerprint density at radius 2 is 2.07 bits per heavy atom. The summed E-state index contributed by atoms with van der Waals surface area (Å²) in [5.74, 6) is 0. The predicted molar refractivity (Wildman–Crippen MR) is 51.1 cm³/mol. The van der Waals surface area contributed by atoms with Crippen LogP contribution in [0.4, 0.5) is 4.79 Å². The van der Waals surface area contributed by atoms with Crippen LogP contribution in [-0.2, 0) is 14.3 Å². The van der Waals surface area contributed by atoms with Crippen LogP contribution in [0, 0.1) is 0 Å². The Morgan fingerprint density at radius 1 is 1.50 bits per heavy atom. The normalized spacial score (nSPS) is 13.1. The van der Waals surface area contributed by atoms with Crippen molar-refractivity contribution < 1.29 is 19.1 Å². The van der Waals surface area contributed by atoms with E-state index in [2.05, 4.69) is 5.32 Å². The average molecular weight is 203 g/mol. The van der Waals surface area contributed by atoms with Gasteiger partial charge in [-0.05, 0) is 20.8 Å². The van der Waals surface area contributed by atoms with Gasteiger partial charge in [0, 0.05) is 7.11 Å². The first-order chi connectivity index (χ1) is 6.39. The Bertz CT molecular complexity index is 197. The smallest absolute Gasteiger partial charge is 0.408 e. The number of methoxy groups -OCH3 is 1. The van der Waals surface area contributed by atoms with Crippen molar-refractivity contribution in [3.05, 3.63) is 0 Å². The molecule has 5 heteroatoms. The summed E-state index contributed by atoms with van der Waals surface area (Å²) in [6, 6.07) is -0.658. The summed E-state index contributed by atoms with van der Waals surface area (Å²) in [7, 11) is 1.45. The van der Waals surface area contributed by atoms with E-state index in [0.717, 1.165) is 0 Å². The number of carbonyl (C=O) groups excluding carboxylic acids is 2. The summed E-state index contributed by atoms with van der Waals surface area (Å²) in [5.41, 5.74) is -0.565. The lowest BCUT2D eigenvalue weighted by Crippen LogP contribution is -2.42. The summed E-state index contributed by atoms with van der Waals surface area (Å²) in [4.78, 5) is 21.6. The molecule has 82 valence electrons. The highest BCUT2D eigenvalue weighted by atomic mass is 16.6. The van der Waals surface area contributed by atoms with E-state index in [9.17, 15) is 9.59 Å². The van der Waals surface area contributed by atoms with Crippen LogP contribution in [0.5, 0.6) is 0 Å². The first-order valence-electron chi connectivity index (χ1n) is 4.33. The molecule has 0 aliphatic heterocycles. The molecule has 0 heterocycles. The lowest BCUT2D eigenvalue weighted by molar-refractivity contribution is -0.110. The molecule has 0 aliphatic rings. The second-order valence-corrected chi connectivity index (χ2v) is 3.84. The van der Waals surface area contributed by atoms with Gasteiger partial charge in [0.2, 0.25) is 0 Å². The molecule has 0 aromatic heterocycles. The van der Waals surface area contributed by atoms with Gasteiger partial charge in [-0.25, -0.2) is 4.79 Å². The molecule has 0 radical (unpaired) electrons. The van der Waals surface area contributed by atoms with E-state index < -0.39 is 17.7 Å². The Kier molecular flexibility index (Phi) is 5.15. The first-order valence-corrected chi connectivity index (χ1v) is 4.33. The second kappa shape index (κ2) is 5.59. The van der Waals surface area contributed by atoms with E-state index in [1.165, 1.54) is 7.11 Å². The van der Waals surface area contributed by atoms with Gasteiger partial charge in [-0.3, -0.25) is 0 Å². The highest BCUT2D eigenvalue weighted by Crippen LogP contribution is 2.06. The van der Waals surface area contributed by atoms with Gasteiger partial charge in [0.25, 0.3) is 0 Å². The molecule has 14 heavy (non-hydrogen) atoms. The van der Waals surface area contributed by atoms with Gasteiger partial charge in [-0.2, -0.15) is 0 Å². The number of rotatable bonds is 4. The minimum Gasteiger partial charge on any atom is -0.444 e. The van der Waals surface area contributed by atoms with Gasteiger partial charge in [-0.1, -0.05) is 0 Å². The van der Waals surface area contributed by atoms with Crippen molar-refractivity contribution in [1.29, 1.82) is 0 Å². The molecule has 5 nitrogen and oxygen atoms in total. The number of hydrogen-bond donors (Lipinski definition) is 1. The Balaban J connectivity index is 3.97. The van der Waals surface area contributed by atoms with Crippen LogP contribution < -0.4 is 5.32 Å². The van der Waals surface area contributed by atoms with E-state index in [0.29, 0.717) is 6.29 Å². The molecule has 0 unspecified atom stereocenters. The van der Waals surface area contributed by atoms with Crippen molar-refractivity contribution >= 4 is 12.4 Å². The van der Waals surface area contributed by atoms with E-state index in [1.807, 2.05) is 0 Å². The van der Waals surface area contributed by atoms with Crippen molar-refractivity contribution in [2.24, 2.45) is 0 Å². The van der Waals surface area contributed by atoms with Gasteiger partial charge < -0.3 is 19.6 Å². The van der Waals surface area contributed by atoms with Crippen LogP contribution in [-0.4, -0.2) is 37.7 Å². The molecule has 0 rings (SSSR count). The van der Waals surface area contributed by atoms with Crippen molar-refractivity contribution in [1.82, 2.24) is 5.32 Å². The maximum atomic E-state index is 11.2. The monoisotopic (exact) mass is 203 g/mol. The van der Waals surface area contributed by atoms with E-state index in [-0.39, 0.29) is 6.61 Å². The lowest BCUT2D eigenvalue weighted by Gasteiger charge is -2.21. The highest BCUT2D eigenvalue weighted by molar-refractivity contribution is 5.73. The molecule has 0 bridgehead atoms. The molecule has 0 aliphatic carbocycles. The third-order valence-corrected chi connectivity index (χ3v) is 1.21. The fraction of sp³-hybridized carbons (Fsp3) is 0.778. The van der Waals surface area contributed by atoms with Crippen LogP contribution in [0.3, 0.4) is 0 Å². The average Bonchev–Trinajstić information content (AvgIpc) is 2.00. The van der Waals surface area contributed by atoms with Crippen LogP contribution in [0.1, 0.15) is 20.8 Å². The predicted octanol–water partition coefficient (Wildman–Crippen LogP) is 0.725. The number of alkyl carbamates (subject to hydrolysis) is 1. The molecule has 1 atom stereocenters. The van der Waals surface area contributed by atoms with Crippen molar-refractivity contribution in [2.75, 3.05) is 13.7 Å². The SMILES string of the molecule is COC[C@@H](C=O)NC(=O)OC(C)(C)C. The van der Waals surface area contributed by atoms with Gasteiger partial charge in [0.15, 0.2) is 0 Å². The standard InChI is InChI=1S/C9H17NO4/c1-9(2,3)14-8(12)10-7(5-11)6-13-4/h5,7H,6H2,1-4H3,(H,10,12)/t7-/m1/s1. The summed E-state index contributed by atoms with van der Waals surface area (Å²) >= 11 is 0. The quantitative estimate of drug-likeness (QED) is 0.684. The molecule has 1 amide bonds.